The lowest BCUT2D eigenvalue weighted by Crippen LogP contribution is -2.51. The molecule has 1 aliphatic rings. The van der Waals surface area contributed by atoms with Crippen LogP contribution in [0.3, 0.4) is 0 Å². The average Bonchev–Trinajstić information content (AvgIpc) is 2.60. The molecular weight excluding hydrogens is 318 g/mol. The van der Waals surface area contributed by atoms with E-state index in [1.54, 1.807) is 4.90 Å². The largest absolute Gasteiger partial charge is 0.341 e. The quantitative estimate of drug-likeness (QED) is 0.852. The van der Waals surface area contributed by atoms with Crippen molar-refractivity contribution in [2.24, 2.45) is 0 Å². The van der Waals surface area contributed by atoms with Crippen LogP contribution in [0.15, 0.2) is 30.3 Å². The summed E-state index contributed by atoms with van der Waals surface area (Å²) in [5.41, 5.74) is 3.02. The molecule has 2 rings (SSSR count). The second-order valence-corrected chi connectivity index (χ2v) is 7.30. The van der Waals surface area contributed by atoms with E-state index < -0.39 is 0 Å². The molecule has 0 atom stereocenters. The standard InChI is InChI=1S/C19H29N3O3/c1-5-22(19(2,3)4)18(24)20-25-16-11-13-21(14-12-16)17(23)15-9-7-6-8-10-15/h6-10,16H,5,11-14H2,1-4H3,(H,20,24). The number of carbonyl (C=O) groups excluding carboxylic acids is 2. The molecule has 6 nitrogen and oxygen atoms in total. The molecule has 0 bridgehead atoms. The first-order valence-corrected chi connectivity index (χ1v) is 8.90. The highest BCUT2D eigenvalue weighted by atomic mass is 16.7. The summed E-state index contributed by atoms with van der Waals surface area (Å²) in [6.07, 6.45) is 1.35. The van der Waals surface area contributed by atoms with Gasteiger partial charge in [-0.05, 0) is 52.7 Å². The van der Waals surface area contributed by atoms with E-state index in [0.29, 0.717) is 38.0 Å². The predicted octanol–water partition coefficient (Wildman–Crippen LogP) is 3.05. The summed E-state index contributed by atoms with van der Waals surface area (Å²) in [7, 11) is 0. The van der Waals surface area contributed by atoms with E-state index in [0.717, 1.165) is 0 Å². The number of amides is 3. The van der Waals surface area contributed by atoms with Crippen molar-refractivity contribution < 1.29 is 14.4 Å². The average molecular weight is 347 g/mol. The van der Waals surface area contributed by atoms with Gasteiger partial charge in [-0.2, -0.15) is 0 Å². The number of likely N-dealkylation sites (tertiary alicyclic amines) is 1. The first-order valence-electron chi connectivity index (χ1n) is 8.90. The topological polar surface area (TPSA) is 61.9 Å². The molecular formula is C19H29N3O3. The molecule has 1 aromatic rings. The summed E-state index contributed by atoms with van der Waals surface area (Å²) in [5.74, 6) is 0.0491. The summed E-state index contributed by atoms with van der Waals surface area (Å²) in [4.78, 5) is 33.8. The summed E-state index contributed by atoms with van der Waals surface area (Å²) in [5, 5.41) is 0. The normalized spacial score (nSPS) is 15.8. The number of carbonyl (C=O) groups is 2. The molecule has 0 saturated carbocycles. The summed E-state index contributed by atoms with van der Waals surface area (Å²) in [6.45, 7) is 9.79. The van der Waals surface area contributed by atoms with Gasteiger partial charge < -0.3 is 9.80 Å². The van der Waals surface area contributed by atoms with Crippen molar-refractivity contribution in [3.63, 3.8) is 0 Å². The van der Waals surface area contributed by atoms with E-state index in [9.17, 15) is 9.59 Å². The van der Waals surface area contributed by atoms with Gasteiger partial charge in [-0.25, -0.2) is 10.3 Å². The highest BCUT2D eigenvalue weighted by Gasteiger charge is 2.28. The molecule has 6 heteroatoms. The zero-order valence-corrected chi connectivity index (χ0v) is 15.6. The number of nitrogens with zero attached hydrogens (tertiary/aromatic N) is 2. The number of hydroxylamine groups is 1. The van der Waals surface area contributed by atoms with Crippen LogP contribution in [0.1, 0.15) is 50.9 Å². The Kier molecular flexibility index (Phi) is 6.42. The summed E-state index contributed by atoms with van der Waals surface area (Å²) >= 11 is 0. The van der Waals surface area contributed by atoms with Crippen LogP contribution in [-0.2, 0) is 4.84 Å². The van der Waals surface area contributed by atoms with Gasteiger partial charge in [0, 0.05) is 30.7 Å². The second kappa shape index (κ2) is 8.34. The maximum Gasteiger partial charge on any atom is 0.341 e. The number of hydrogen-bond acceptors (Lipinski definition) is 3. The van der Waals surface area contributed by atoms with E-state index in [-0.39, 0.29) is 23.6 Å². The third-order valence-corrected chi connectivity index (χ3v) is 4.43. The molecule has 1 heterocycles. The molecule has 1 fully saturated rings. The third-order valence-electron chi connectivity index (χ3n) is 4.43. The number of benzene rings is 1. The summed E-state index contributed by atoms with van der Waals surface area (Å²) in [6, 6.07) is 9.07. The van der Waals surface area contributed by atoms with Crippen molar-refractivity contribution in [1.29, 1.82) is 0 Å². The van der Waals surface area contributed by atoms with Gasteiger partial charge in [0.1, 0.15) is 0 Å². The van der Waals surface area contributed by atoms with Crippen LogP contribution in [0.5, 0.6) is 0 Å². The zero-order chi connectivity index (χ0) is 18.4. The molecule has 3 amide bonds. The maximum atomic E-state index is 12.4. The monoisotopic (exact) mass is 347 g/mol. The fourth-order valence-electron chi connectivity index (χ4n) is 3.05. The van der Waals surface area contributed by atoms with E-state index in [2.05, 4.69) is 5.48 Å². The zero-order valence-electron chi connectivity index (χ0n) is 15.6. The molecule has 0 radical (unpaired) electrons. The van der Waals surface area contributed by atoms with E-state index in [1.807, 2.05) is 62.9 Å². The Morgan fingerprint density at radius 1 is 1.20 bits per heavy atom. The van der Waals surface area contributed by atoms with Crippen LogP contribution < -0.4 is 5.48 Å². The van der Waals surface area contributed by atoms with Crippen LogP contribution in [0, 0.1) is 0 Å². The van der Waals surface area contributed by atoms with Crippen LogP contribution in [0.25, 0.3) is 0 Å². The predicted molar refractivity (Wildman–Crippen MR) is 97.1 cm³/mol. The van der Waals surface area contributed by atoms with Crippen molar-refractivity contribution in [2.75, 3.05) is 19.6 Å². The van der Waals surface area contributed by atoms with E-state index >= 15 is 0 Å². The molecule has 1 aromatic carbocycles. The van der Waals surface area contributed by atoms with Crippen LogP contribution in [-0.4, -0.2) is 53.0 Å². The molecule has 0 aliphatic carbocycles. The Labute approximate surface area is 150 Å². The highest BCUT2D eigenvalue weighted by molar-refractivity contribution is 5.94. The van der Waals surface area contributed by atoms with Crippen LogP contribution >= 0.6 is 0 Å². The van der Waals surface area contributed by atoms with Crippen molar-refractivity contribution in [3.05, 3.63) is 35.9 Å². The Hall–Kier alpha value is -2.08. The first kappa shape index (κ1) is 19.2. The maximum absolute atomic E-state index is 12.4. The minimum atomic E-state index is -0.256. The number of nitrogens with one attached hydrogen (secondary N) is 1. The molecule has 138 valence electrons. The molecule has 1 aliphatic heterocycles. The number of hydrogen-bond donors (Lipinski definition) is 1. The smallest absolute Gasteiger partial charge is 0.338 e. The van der Waals surface area contributed by atoms with Gasteiger partial charge >= 0.3 is 6.03 Å². The second-order valence-electron chi connectivity index (χ2n) is 7.30. The Morgan fingerprint density at radius 3 is 2.32 bits per heavy atom. The minimum Gasteiger partial charge on any atom is -0.338 e. The number of urea groups is 1. The fourth-order valence-corrected chi connectivity index (χ4v) is 3.05. The molecule has 0 aromatic heterocycles. The molecule has 0 spiro atoms. The van der Waals surface area contributed by atoms with Crippen LogP contribution in [0.4, 0.5) is 4.79 Å². The number of piperidine rings is 1. The van der Waals surface area contributed by atoms with Crippen molar-refractivity contribution in [2.45, 2.75) is 52.2 Å². The van der Waals surface area contributed by atoms with Gasteiger partial charge in [0.15, 0.2) is 0 Å². The Bertz CT molecular complexity index is 575. The molecule has 1 saturated heterocycles. The van der Waals surface area contributed by atoms with Crippen LogP contribution in [0.2, 0.25) is 0 Å². The van der Waals surface area contributed by atoms with Gasteiger partial charge in [-0.15, -0.1) is 0 Å². The first-order chi connectivity index (χ1) is 11.8. The SMILES string of the molecule is CCN(C(=O)NOC1CCN(C(=O)c2ccccc2)CC1)C(C)(C)C. The summed E-state index contributed by atoms with van der Waals surface area (Å²) < 4.78 is 0. The lowest BCUT2D eigenvalue weighted by Gasteiger charge is -2.36. The molecule has 25 heavy (non-hydrogen) atoms. The molecule has 0 unspecified atom stereocenters. The molecule has 1 N–H and O–H groups in total. The van der Waals surface area contributed by atoms with Gasteiger partial charge in [-0.1, -0.05) is 18.2 Å². The third kappa shape index (κ3) is 5.19. The Balaban J connectivity index is 1.79. The van der Waals surface area contributed by atoms with E-state index in [1.165, 1.54) is 0 Å². The lowest BCUT2D eigenvalue weighted by atomic mass is 10.1. The van der Waals surface area contributed by atoms with Gasteiger partial charge in [0.2, 0.25) is 0 Å². The van der Waals surface area contributed by atoms with E-state index in [4.69, 9.17) is 4.84 Å². The van der Waals surface area contributed by atoms with Gasteiger partial charge in [-0.3, -0.25) is 9.63 Å². The van der Waals surface area contributed by atoms with Crippen molar-refractivity contribution in [3.8, 4) is 0 Å². The minimum absolute atomic E-state index is 0.0491. The van der Waals surface area contributed by atoms with Gasteiger partial charge in [0.25, 0.3) is 5.91 Å². The van der Waals surface area contributed by atoms with Crippen molar-refractivity contribution >= 4 is 11.9 Å². The fraction of sp³-hybridized carbons (Fsp3) is 0.579. The number of rotatable bonds is 4. The lowest BCUT2D eigenvalue weighted by molar-refractivity contribution is -0.0420. The Morgan fingerprint density at radius 2 is 1.80 bits per heavy atom. The highest BCUT2D eigenvalue weighted by Crippen LogP contribution is 2.17. The van der Waals surface area contributed by atoms with Gasteiger partial charge in [0.05, 0.1) is 6.10 Å². The van der Waals surface area contributed by atoms with Crippen molar-refractivity contribution in [1.82, 2.24) is 15.3 Å².